The Bertz CT molecular complexity index is 1300. The fourth-order valence-corrected chi connectivity index (χ4v) is 5.82. The van der Waals surface area contributed by atoms with E-state index in [4.69, 9.17) is 14.2 Å². The van der Waals surface area contributed by atoms with Crippen molar-refractivity contribution in [3.05, 3.63) is 82.2 Å². The number of ketones is 1. The molecule has 0 spiro atoms. The van der Waals surface area contributed by atoms with E-state index in [9.17, 15) is 14.4 Å². The van der Waals surface area contributed by atoms with Crippen LogP contribution in [0.15, 0.2) is 76.0 Å². The van der Waals surface area contributed by atoms with E-state index in [-0.39, 0.29) is 19.0 Å². The lowest BCUT2D eigenvalue weighted by Crippen LogP contribution is -2.43. The van der Waals surface area contributed by atoms with Crippen molar-refractivity contribution in [1.82, 2.24) is 5.32 Å². The van der Waals surface area contributed by atoms with Crippen LogP contribution in [0.25, 0.3) is 0 Å². The molecule has 7 nitrogen and oxygen atoms in total. The highest BCUT2D eigenvalue weighted by Gasteiger charge is 2.49. The number of Topliss-reactive ketones (excluding diaryl/α,β-unsaturated/α-hetero) is 1. The Morgan fingerprint density at radius 1 is 1.03 bits per heavy atom. The minimum atomic E-state index is -1.08. The summed E-state index contributed by atoms with van der Waals surface area (Å²) < 4.78 is 16.4. The van der Waals surface area contributed by atoms with Gasteiger partial charge in [-0.1, -0.05) is 30.3 Å². The summed E-state index contributed by atoms with van der Waals surface area (Å²) in [6.45, 7) is 5.64. The number of allylic oxidation sites excluding steroid dienone is 3. The lowest BCUT2D eigenvalue weighted by Gasteiger charge is -2.39. The first-order valence-corrected chi connectivity index (χ1v) is 13.9. The number of carbonyl (C=O) groups excluding carboxylic acids is 3. The van der Waals surface area contributed by atoms with E-state index in [1.54, 1.807) is 32.7 Å². The van der Waals surface area contributed by atoms with Crippen molar-refractivity contribution < 1.29 is 28.6 Å². The fourth-order valence-electron chi connectivity index (χ4n) is 5.41. The van der Waals surface area contributed by atoms with Crippen LogP contribution in [0, 0.1) is 5.92 Å². The number of esters is 2. The van der Waals surface area contributed by atoms with Crippen LogP contribution >= 0.6 is 11.8 Å². The predicted octanol–water partition coefficient (Wildman–Crippen LogP) is 5.13. The Morgan fingerprint density at radius 2 is 1.71 bits per heavy atom. The van der Waals surface area contributed by atoms with Gasteiger partial charge in [0.2, 0.25) is 0 Å². The van der Waals surface area contributed by atoms with Crippen LogP contribution in [0.3, 0.4) is 0 Å². The third-order valence-electron chi connectivity index (χ3n) is 7.04. The molecule has 1 heterocycles. The van der Waals surface area contributed by atoms with Gasteiger partial charge in [-0.25, -0.2) is 4.79 Å². The molecule has 0 amide bonds. The summed E-state index contributed by atoms with van der Waals surface area (Å²) in [6, 6.07) is 15.2. The van der Waals surface area contributed by atoms with Gasteiger partial charge in [-0.05, 0) is 62.8 Å². The van der Waals surface area contributed by atoms with Crippen LogP contribution in [0.5, 0.6) is 5.75 Å². The largest absolute Gasteiger partial charge is 0.496 e. The Balaban J connectivity index is 1.91. The molecule has 0 aromatic heterocycles. The van der Waals surface area contributed by atoms with E-state index in [0.29, 0.717) is 34.7 Å². The van der Waals surface area contributed by atoms with Crippen LogP contribution < -0.4 is 10.1 Å². The highest BCUT2D eigenvalue weighted by molar-refractivity contribution is 7.98. The van der Waals surface area contributed by atoms with E-state index in [2.05, 4.69) is 5.32 Å². The lowest BCUT2D eigenvalue weighted by molar-refractivity contribution is -0.152. The maximum Gasteiger partial charge on any atom is 0.336 e. The molecule has 2 aromatic rings. The number of carbonyl (C=O) groups is 3. The summed E-state index contributed by atoms with van der Waals surface area (Å²) in [6.07, 6.45) is 2.36. The molecule has 2 aromatic carbocycles. The first kappa shape index (κ1) is 27.5. The molecule has 1 aliphatic heterocycles. The average molecular weight is 536 g/mol. The number of methoxy groups -OCH3 is 1. The van der Waals surface area contributed by atoms with Crippen molar-refractivity contribution >= 4 is 29.5 Å². The van der Waals surface area contributed by atoms with Crippen molar-refractivity contribution in [3.63, 3.8) is 0 Å². The Morgan fingerprint density at radius 3 is 2.34 bits per heavy atom. The molecule has 0 bridgehead atoms. The Kier molecular flexibility index (Phi) is 8.62. The number of dihydropyridines is 1. The van der Waals surface area contributed by atoms with E-state index < -0.39 is 29.7 Å². The van der Waals surface area contributed by atoms with E-state index in [1.807, 2.05) is 61.7 Å². The molecule has 4 rings (SSSR count). The van der Waals surface area contributed by atoms with Crippen LogP contribution in [-0.4, -0.2) is 44.3 Å². The quantitative estimate of drug-likeness (QED) is 0.283. The Labute approximate surface area is 227 Å². The minimum absolute atomic E-state index is 0.151. The third kappa shape index (κ3) is 5.10. The fraction of sp³-hybridized carbons (Fsp3) is 0.367. The van der Waals surface area contributed by atoms with Crippen LogP contribution in [0.4, 0.5) is 0 Å². The van der Waals surface area contributed by atoms with Crippen molar-refractivity contribution in [2.24, 2.45) is 5.92 Å². The number of ether oxygens (including phenoxy) is 3. The molecule has 0 unspecified atom stereocenters. The maximum absolute atomic E-state index is 14.4. The van der Waals surface area contributed by atoms with E-state index in [0.717, 1.165) is 16.0 Å². The standard InChI is InChI=1S/C30H33NO6S/c1-6-36-29(33)24-17(3)31-22-16-21(20-10-8-9-11-23(20)35-4)26(30(34)37-7-2)28(32)27(22)25(24)18-12-14-19(38-5)15-13-18/h8-15,21,25-26,31H,6-7,16H2,1-5H3/t21-,25+,26-/m1/s1. The van der Waals surface area contributed by atoms with Crippen molar-refractivity contribution in [2.75, 3.05) is 26.6 Å². The molecule has 1 aliphatic carbocycles. The van der Waals surface area contributed by atoms with Gasteiger partial charge in [-0.2, -0.15) is 0 Å². The predicted molar refractivity (Wildman–Crippen MR) is 146 cm³/mol. The van der Waals surface area contributed by atoms with Crippen molar-refractivity contribution in [3.8, 4) is 5.75 Å². The summed E-state index contributed by atoms with van der Waals surface area (Å²) in [5.41, 5.74) is 3.63. The van der Waals surface area contributed by atoms with Gasteiger partial charge in [0.05, 0.1) is 25.9 Å². The summed E-state index contributed by atoms with van der Waals surface area (Å²) in [4.78, 5) is 42.0. The maximum atomic E-state index is 14.4. The molecule has 0 saturated heterocycles. The summed E-state index contributed by atoms with van der Waals surface area (Å²) in [5.74, 6) is -3.09. The van der Waals surface area contributed by atoms with Gasteiger partial charge in [0.25, 0.3) is 0 Å². The molecular weight excluding hydrogens is 502 g/mol. The highest BCUT2D eigenvalue weighted by atomic mass is 32.2. The second-order valence-electron chi connectivity index (χ2n) is 9.13. The number of benzene rings is 2. The van der Waals surface area contributed by atoms with E-state index in [1.165, 1.54) is 0 Å². The van der Waals surface area contributed by atoms with Gasteiger partial charge in [-0.3, -0.25) is 9.59 Å². The summed E-state index contributed by atoms with van der Waals surface area (Å²) in [7, 11) is 1.57. The molecule has 200 valence electrons. The number of para-hydroxylation sites is 1. The molecular formula is C30H33NO6S. The minimum Gasteiger partial charge on any atom is -0.496 e. The zero-order chi connectivity index (χ0) is 27.4. The molecule has 2 aliphatic rings. The van der Waals surface area contributed by atoms with Crippen LogP contribution in [-0.2, 0) is 23.9 Å². The van der Waals surface area contributed by atoms with Crippen LogP contribution in [0.1, 0.15) is 50.2 Å². The van der Waals surface area contributed by atoms with Gasteiger partial charge >= 0.3 is 11.9 Å². The first-order valence-electron chi connectivity index (χ1n) is 12.7. The summed E-state index contributed by atoms with van der Waals surface area (Å²) in [5, 5.41) is 3.33. The topological polar surface area (TPSA) is 90.9 Å². The van der Waals surface area contributed by atoms with Gasteiger partial charge in [0.15, 0.2) is 5.78 Å². The molecule has 1 N–H and O–H groups in total. The second-order valence-corrected chi connectivity index (χ2v) is 10.0. The number of hydrogen-bond acceptors (Lipinski definition) is 8. The number of nitrogens with one attached hydrogen (secondary N) is 1. The average Bonchev–Trinajstić information content (AvgIpc) is 2.92. The zero-order valence-corrected chi connectivity index (χ0v) is 23.1. The summed E-state index contributed by atoms with van der Waals surface area (Å²) >= 11 is 1.61. The smallest absolute Gasteiger partial charge is 0.336 e. The van der Waals surface area contributed by atoms with Crippen molar-refractivity contribution in [2.45, 2.75) is 43.9 Å². The number of thioether (sulfide) groups is 1. The molecule has 38 heavy (non-hydrogen) atoms. The second kappa shape index (κ2) is 11.9. The monoisotopic (exact) mass is 535 g/mol. The van der Waals surface area contributed by atoms with Gasteiger partial charge in [0.1, 0.15) is 11.7 Å². The molecule has 0 fully saturated rings. The van der Waals surface area contributed by atoms with Gasteiger partial charge in [0, 0.05) is 33.7 Å². The van der Waals surface area contributed by atoms with E-state index >= 15 is 0 Å². The van der Waals surface area contributed by atoms with Crippen LogP contribution in [0.2, 0.25) is 0 Å². The molecule has 3 atom stereocenters. The molecule has 8 heteroatoms. The van der Waals surface area contributed by atoms with Gasteiger partial charge in [-0.15, -0.1) is 11.8 Å². The van der Waals surface area contributed by atoms with Gasteiger partial charge < -0.3 is 19.5 Å². The zero-order valence-electron chi connectivity index (χ0n) is 22.3. The molecule has 0 radical (unpaired) electrons. The lowest BCUT2D eigenvalue weighted by atomic mass is 9.67. The first-order chi connectivity index (χ1) is 18.4. The third-order valence-corrected chi connectivity index (χ3v) is 7.79. The highest BCUT2D eigenvalue weighted by Crippen LogP contribution is 2.49. The Hall–Kier alpha value is -3.52. The SMILES string of the molecule is CCOC(=O)C1=C(C)NC2=C(C(=O)[C@H](C(=O)OCC)[C@@H](c3ccccc3OC)C2)[C@H]1c1ccc(SC)cc1. The number of hydrogen-bond donors (Lipinski definition) is 1. The number of rotatable bonds is 8. The van der Waals surface area contributed by atoms with Crippen molar-refractivity contribution in [1.29, 1.82) is 0 Å². The molecule has 0 saturated carbocycles. The normalized spacial score (nSPS) is 21.0.